The summed E-state index contributed by atoms with van der Waals surface area (Å²) in [6.45, 7) is 0. The second-order valence-electron chi connectivity index (χ2n) is 2.81. The predicted molar refractivity (Wildman–Crippen MR) is 56.7 cm³/mol. The van der Waals surface area contributed by atoms with Gasteiger partial charge >= 0.3 is 0 Å². The van der Waals surface area contributed by atoms with E-state index in [1.54, 1.807) is 12.1 Å². The van der Waals surface area contributed by atoms with E-state index < -0.39 is 0 Å². The standard InChI is InChI=1S/C10H6ClFOS/c11-4-7-6-2-1-3-8(12)10(6)14-9(7)5-13/h1-3,5H,4H2. The number of carbonyl (C=O) groups excluding carboxylic acids is 1. The van der Waals surface area contributed by atoms with Crippen LogP contribution in [0.4, 0.5) is 4.39 Å². The van der Waals surface area contributed by atoms with Crippen LogP contribution in [-0.2, 0) is 5.88 Å². The maximum absolute atomic E-state index is 13.3. The number of hydrogen-bond acceptors (Lipinski definition) is 2. The summed E-state index contributed by atoms with van der Waals surface area (Å²) in [7, 11) is 0. The van der Waals surface area contributed by atoms with Crippen LogP contribution in [0, 0.1) is 5.82 Å². The molecule has 1 nitrogen and oxygen atoms in total. The Labute approximate surface area is 89.1 Å². The molecule has 0 amide bonds. The summed E-state index contributed by atoms with van der Waals surface area (Å²) in [6.07, 6.45) is 0.724. The third kappa shape index (κ3) is 1.33. The van der Waals surface area contributed by atoms with Crippen molar-refractivity contribution in [2.75, 3.05) is 0 Å². The molecule has 0 N–H and O–H groups in total. The zero-order valence-electron chi connectivity index (χ0n) is 7.09. The van der Waals surface area contributed by atoms with Crippen LogP contribution in [-0.4, -0.2) is 6.29 Å². The zero-order chi connectivity index (χ0) is 10.1. The first-order valence-corrected chi connectivity index (χ1v) is 5.34. The van der Waals surface area contributed by atoms with Crippen molar-refractivity contribution >= 4 is 39.3 Å². The minimum absolute atomic E-state index is 0.234. The monoisotopic (exact) mass is 228 g/mol. The Bertz CT molecular complexity index is 492. The van der Waals surface area contributed by atoms with Gasteiger partial charge in [0, 0.05) is 11.3 Å². The van der Waals surface area contributed by atoms with Crippen molar-refractivity contribution in [2.45, 2.75) is 5.88 Å². The predicted octanol–water partition coefficient (Wildman–Crippen LogP) is 3.59. The lowest BCUT2D eigenvalue weighted by Crippen LogP contribution is -1.81. The largest absolute Gasteiger partial charge is 0.297 e. The highest BCUT2D eigenvalue weighted by molar-refractivity contribution is 7.20. The van der Waals surface area contributed by atoms with E-state index in [0.717, 1.165) is 28.6 Å². The van der Waals surface area contributed by atoms with Crippen LogP contribution in [0.1, 0.15) is 15.2 Å². The Kier molecular flexibility index (Phi) is 2.52. The molecule has 0 atom stereocenters. The highest BCUT2D eigenvalue weighted by Gasteiger charge is 2.12. The summed E-state index contributed by atoms with van der Waals surface area (Å²) in [5.74, 6) is -0.0654. The molecule has 0 bridgehead atoms. The SMILES string of the molecule is O=Cc1sc2c(F)cccc2c1CCl. The molecule has 0 saturated heterocycles. The van der Waals surface area contributed by atoms with Gasteiger partial charge in [0.25, 0.3) is 0 Å². The maximum atomic E-state index is 13.3. The van der Waals surface area contributed by atoms with Gasteiger partial charge in [-0.25, -0.2) is 4.39 Å². The molecule has 0 radical (unpaired) electrons. The maximum Gasteiger partial charge on any atom is 0.160 e. The minimum atomic E-state index is -0.299. The van der Waals surface area contributed by atoms with Crippen molar-refractivity contribution in [1.82, 2.24) is 0 Å². The van der Waals surface area contributed by atoms with Gasteiger partial charge < -0.3 is 0 Å². The smallest absolute Gasteiger partial charge is 0.160 e. The molecule has 1 aromatic carbocycles. The lowest BCUT2D eigenvalue weighted by atomic mass is 10.1. The molecule has 2 aromatic rings. The summed E-state index contributed by atoms with van der Waals surface area (Å²) in [5.41, 5.74) is 0.723. The number of alkyl halides is 1. The first-order valence-electron chi connectivity index (χ1n) is 3.99. The molecule has 0 fully saturated rings. The van der Waals surface area contributed by atoms with Crippen LogP contribution in [0.25, 0.3) is 10.1 Å². The molecule has 14 heavy (non-hydrogen) atoms. The van der Waals surface area contributed by atoms with Gasteiger partial charge in [0.1, 0.15) is 5.82 Å². The molecule has 0 saturated carbocycles. The first-order chi connectivity index (χ1) is 6.77. The fraction of sp³-hybridized carbons (Fsp3) is 0.100. The van der Waals surface area contributed by atoms with E-state index in [0.29, 0.717) is 9.58 Å². The lowest BCUT2D eigenvalue weighted by molar-refractivity contribution is 0.112. The average molecular weight is 229 g/mol. The molecule has 0 spiro atoms. The molecule has 2 rings (SSSR count). The molecule has 1 heterocycles. The van der Waals surface area contributed by atoms with Crippen LogP contribution in [0.15, 0.2) is 18.2 Å². The van der Waals surface area contributed by atoms with Gasteiger partial charge in [-0.2, -0.15) is 0 Å². The highest BCUT2D eigenvalue weighted by Crippen LogP contribution is 2.32. The van der Waals surface area contributed by atoms with Gasteiger partial charge in [-0.1, -0.05) is 12.1 Å². The van der Waals surface area contributed by atoms with Crippen LogP contribution in [0.2, 0.25) is 0 Å². The third-order valence-electron chi connectivity index (χ3n) is 2.04. The highest BCUT2D eigenvalue weighted by atomic mass is 35.5. The van der Waals surface area contributed by atoms with Crippen LogP contribution in [0.5, 0.6) is 0 Å². The summed E-state index contributed by atoms with van der Waals surface area (Å²) < 4.78 is 13.8. The number of aldehydes is 1. The van der Waals surface area contributed by atoms with Crippen LogP contribution >= 0.6 is 22.9 Å². The quantitative estimate of drug-likeness (QED) is 0.567. The van der Waals surface area contributed by atoms with E-state index in [9.17, 15) is 9.18 Å². The number of thiophene rings is 1. The second-order valence-corrected chi connectivity index (χ2v) is 4.13. The zero-order valence-corrected chi connectivity index (χ0v) is 8.66. The average Bonchev–Trinajstić information content (AvgIpc) is 2.57. The van der Waals surface area contributed by atoms with Crippen molar-refractivity contribution < 1.29 is 9.18 Å². The van der Waals surface area contributed by atoms with Gasteiger partial charge in [-0.3, -0.25) is 4.79 Å². The summed E-state index contributed by atoms with van der Waals surface area (Å²) >= 11 is 6.86. The molecule has 0 aliphatic heterocycles. The van der Waals surface area contributed by atoms with E-state index in [1.807, 2.05) is 0 Å². The molecular weight excluding hydrogens is 223 g/mol. The van der Waals surface area contributed by atoms with Gasteiger partial charge in [0.05, 0.1) is 9.58 Å². The summed E-state index contributed by atoms with van der Waals surface area (Å²) in [6, 6.07) is 4.78. The van der Waals surface area contributed by atoms with E-state index in [4.69, 9.17) is 11.6 Å². The molecule has 72 valence electrons. The van der Waals surface area contributed by atoms with E-state index in [1.165, 1.54) is 6.07 Å². The number of halogens is 2. The fourth-order valence-electron chi connectivity index (χ4n) is 1.39. The third-order valence-corrected chi connectivity index (χ3v) is 3.49. The summed E-state index contributed by atoms with van der Waals surface area (Å²) in [5, 5.41) is 0.743. The van der Waals surface area contributed by atoms with Crippen LogP contribution in [0.3, 0.4) is 0 Å². The molecular formula is C10H6ClFOS. The van der Waals surface area contributed by atoms with E-state index in [2.05, 4.69) is 0 Å². The van der Waals surface area contributed by atoms with Gasteiger partial charge in [-0.05, 0) is 11.6 Å². The first kappa shape index (κ1) is 9.62. The second kappa shape index (κ2) is 3.67. The van der Waals surface area contributed by atoms with Crippen molar-refractivity contribution in [3.63, 3.8) is 0 Å². The normalized spacial score (nSPS) is 10.7. The topological polar surface area (TPSA) is 17.1 Å². The number of benzene rings is 1. The molecule has 0 aliphatic carbocycles. The Morgan fingerprint density at radius 2 is 2.29 bits per heavy atom. The van der Waals surface area contributed by atoms with E-state index in [-0.39, 0.29) is 11.7 Å². The van der Waals surface area contributed by atoms with E-state index >= 15 is 0 Å². The Morgan fingerprint density at radius 1 is 1.50 bits per heavy atom. The fourth-order valence-corrected chi connectivity index (χ4v) is 2.79. The van der Waals surface area contributed by atoms with Crippen molar-refractivity contribution in [3.8, 4) is 0 Å². The molecule has 0 unspecified atom stereocenters. The van der Waals surface area contributed by atoms with Gasteiger partial charge in [0.2, 0.25) is 0 Å². The van der Waals surface area contributed by atoms with Crippen molar-refractivity contribution in [1.29, 1.82) is 0 Å². The number of rotatable bonds is 2. The summed E-state index contributed by atoms with van der Waals surface area (Å²) in [4.78, 5) is 11.2. The minimum Gasteiger partial charge on any atom is -0.297 e. The number of hydrogen-bond donors (Lipinski definition) is 0. The molecule has 4 heteroatoms. The molecule has 1 aromatic heterocycles. The van der Waals surface area contributed by atoms with Crippen LogP contribution < -0.4 is 0 Å². The van der Waals surface area contributed by atoms with Crippen molar-refractivity contribution in [3.05, 3.63) is 34.5 Å². The van der Waals surface area contributed by atoms with Crippen molar-refractivity contribution in [2.24, 2.45) is 0 Å². The number of fused-ring (bicyclic) bond motifs is 1. The Balaban J connectivity index is 2.86. The Hall–Kier alpha value is -0.930. The Morgan fingerprint density at radius 3 is 2.93 bits per heavy atom. The van der Waals surface area contributed by atoms with Gasteiger partial charge in [-0.15, -0.1) is 22.9 Å². The molecule has 0 aliphatic rings. The lowest BCUT2D eigenvalue weighted by Gasteiger charge is -1.93. The number of carbonyl (C=O) groups is 1. The van der Waals surface area contributed by atoms with Gasteiger partial charge in [0.15, 0.2) is 6.29 Å².